The Morgan fingerprint density at radius 2 is 0.479 bits per heavy atom. The maximum Gasteiger partial charge on any atom is 0.249 e. The van der Waals surface area contributed by atoms with Crippen molar-refractivity contribution < 1.29 is 25.2 Å². The molecule has 6 heteroatoms. The normalized spacial score (nSPS) is 13.5. The summed E-state index contributed by atoms with van der Waals surface area (Å²) in [6.07, 6.45) is 72.1. The van der Waals surface area contributed by atoms with E-state index in [1.54, 1.807) is 0 Å². The van der Waals surface area contributed by atoms with Crippen LogP contribution >= 0.6 is 0 Å². The van der Waals surface area contributed by atoms with E-state index in [0.29, 0.717) is 12.8 Å². The Morgan fingerprint density at radius 1 is 0.296 bits per heavy atom. The Balaban J connectivity index is 3.53. The van der Waals surface area contributed by atoms with E-state index in [0.717, 1.165) is 38.5 Å². The van der Waals surface area contributed by atoms with Gasteiger partial charge in [0.15, 0.2) is 0 Å². The van der Waals surface area contributed by atoms with Crippen LogP contribution in [0.25, 0.3) is 0 Å². The molecule has 1 amide bonds. The molecule has 0 bridgehead atoms. The molecule has 0 fully saturated rings. The predicted molar refractivity (Wildman–Crippen MR) is 312 cm³/mol. The molecule has 0 aliphatic carbocycles. The lowest BCUT2D eigenvalue weighted by molar-refractivity contribution is -0.132. The van der Waals surface area contributed by atoms with Gasteiger partial charge in [0.2, 0.25) is 5.91 Å². The smallest absolute Gasteiger partial charge is 0.249 e. The molecule has 0 saturated carbocycles. The van der Waals surface area contributed by atoms with E-state index >= 15 is 0 Å². The van der Waals surface area contributed by atoms with Crippen molar-refractivity contribution in [2.24, 2.45) is 0 Å². The molecular formula is C65H131NO5. The molecule has 4 atom stereocenters. The SMILES string of the molecule is CCCCCCCCCCCCCCCCCCCCCCCCCCCCCCC(O)C(O)C(CO)NC(=O)C(O)CCCCCCCCCCCCCCCCCCCCCCCCCCCCC. The van der Waals surface area contributed by atoms with Crippen molar-refractivity contribution in [2.75, 3.05) is 6.61 Å². The molecule has 0 heterocycles. The van der Waals surface area contributed by atoms with Crippen molar-refractivity contribution in [1.29, 1.82) is 0 Å². The van der Waals surface area contributed by atoms with E-state index in [4.69, 9.17) is 0 Å². The minimum absolute atomic E-state index is 0.377. The third-order valence-electron chi connectivity index (χ3n) is 16.1. The zero-order valence-electron chi connectivity index (χ0n) is 48.5. The topological polar surface area (TPSA) is 110 Å². The van der Waals surface area contributed by atoms with Crippen LogP contribution in [0.5, 0.6) is 0 Å². The minimum atomic E-state index is -1.26. The lowest BCUT2D eigenvalue weighted by Gasteiger charge is -2.27. The quantitative estimate of drug-likeness (QED) is 0.0390. The Kier molecular flexibility index (Phi) is 59.6. The molecule has 0 aromatic carbocycles. The zero-order chi connectivity index (χ0) is 51.6. The maximum absolute atomic E-state index is 12.6. The Hall–Kier alpha value is -0.690. The van der Waals surface area contributed by atoms with Gasteiger partial charge in [-0.25, -0.2) is 0 Å². The molecule has 0 aliphatic heterocycles. The van der Waals surface area contributed by atoms with E-state index in [2.05, 4.69) is 19.2 Å². The minimum Gasteiger partial charge on any atom is -0.394 e. The van der Waals surface area contributed by atoms with Gasteiger partial charge in [0, 0.05) is 0 Å². The number of hydrogen-bond donors (Lipinski definition) is 5. The second-order valence-electron chi connectivity index (χ2n) is 23.2. The van der Waals surface area contributed by atoms with Crippen LogP contribution in [-0.4, -0.2) is 57.3 Å². The Morgan fingerprint density at radius 3 is 0.676 bits per heavy atom. The fraction of sp³-hybridized carbons (Fsp3) is 0.985. The van der Waals surface area contributed by atoms with Crippen LogP contribution in [-0.2, 0) is 4.79 Å². The van der Waals surface area contributed by atoms with Gasteiger partial charge in [-0.3, -0.25) is 4.79 Å². The highest BCUT2D eigenvalue weighted by Gasteiger charge is 2.28. The summed E-state index contributed by atoms with van der Waals surface area (Å²) in [5.74, 6) is -0.573. The van der Waals surface area contributed by atoms with Crippen LogP contribution in [0.4, 0.5) is 0 Å². The summed E-state index contributed by atoms with van der Waals surface area (Å²) in [5.41, 5.74) is 0. The van der Waals surface area contributed by atoms with E-state index in [1.807, 2.05) is 0 Å². The Labute approximate surface area is 445 Å². The largest absolute Gasteiger partial charge is 0.394 e. The van der Waals surface area contributed by atoms with Crippen molar-refractivity contribution in [3.8, 4) is 0 Å². The average Bonchev–Trinajstić information content (AvgIpc) is 3.38. The molecule has 0 radical (unpaired) electrons. The number of aliphatic hydroxyl groups excluding tert-OH is 4. The zero-order valence-corrected chi connectivity index (χ0v) is 48.5. The number of nitrogens with one attached hydrogen (secondary N) is 1. The standard InChI is InChI=1S/C65H131NO5/c1-3-5-7-9-11-13-15-17-19-21-23-25-27-29-31-33-34-36-38-40-42-44-46-48-50-52-54-56-58-62(68)64(70)61(60-67)66-65(71)63(69)59-57-55-53-51-49-47-45-43-41-39-37-35-32-30-28-26-24-22-20-18-16-14-12-10-8-6-4-2/h61-64,67-70H,3-60H2,1-2H3,(H,66,71). The van der Waals surface area contributed by atoms with Crippen molar-refractivity contribution in [3.63, 3.8) is 0 Å². The highest BCUT2D eigenvalue weighted by molar-refractivity contribution is 5.80. The van der Waals surface area contributed by atoms with Crippen LogP contribution in [0.1, 0.15) is 380 Å². The molecule has 0 aromatic rings. The van der Waals surface area contributed by atoms with Crippen LogP contribution in [0.2, 0.25) is 0 Å². The van der Waals surface area contributed by atoms with Crippen molar-refractivity contribution in [1.82, 2.24) is 5.32 Å². The van der Waals surface area contributed by atoms with E-state index < -0.39 is 36.9 Å². The van der Waals surface area contributed by atoms with Gasteiger partial charge in [-0.2, -0.15) is 0 Å². The molecule has 0 spiro atoms. The molecule has 0 aliphatic rings. The van der Waals surface area contributed by atoms with Crippen LogP contribution in [0.3, 0.4) is 0 Å². The molecule has 0 rings (SSSR count). The molecule has 5 N–H and O–H groups in total. The first kappa shape index (κ1) is 70.3. The van der Waals surface area contributed by atoms with Crippen LogP contribution in [0, 0.1) is 0 Å². The lowest BCUT2D eigenvalue weighted by Crippen LogP contribution is -2.53. The molecule has 4 unspecified atom stereocenters. The summed E-state index contributed by atoms with van der Waals surface area (Å²) in [5, 5.41) is 44.2. The number of carbonyl (C=O) groups excluding carboxylic acids is 1. The van der Waals surface area contributed by atoms with E-state index in [-0.39, 0.29) is 0 Å². The van der Waals surface area contributed by atoms with Gasteiger partial charge in [-0.15, -0.1) is 0 Å². The van der Waals surface area contributed by atoms with Gasteiger partial charge in [-0.1, -0.05) is 367 Å². The second-order valence-corrected chi connectivity index (χ2v) is 23.2. The molecule has 0 aromatic heterocycles. The van der Waals surface area contributed by atoms with Gasteiger partial charge in [-0.05, 0) is 12.8 Å². The number of amides is 1. The lowest BCUT2D eigenvalue weighted by atomic mass is 9.99. The van der Waals surface area contributed by atoms with Crippen molar-refractivity contribution in [3.05, 3.63) is 0 Å². The number of hydrogen-bond acceptors (Lipinski definition) is 5. The third kappa shape index (κ3) is 53.9. The predicted octanol–water partition coefficient (Wildman–Crippen LogP) is 19.8. The van der Waals surface area contributed by atoms with Gasteiger partial charge >= 0.3 is 0 Å². The molecule has 71 heavy (non-hydrogen) atoms. The summed E-state index contributed by atoms with van der Waals surface area (Å²) >= 11 is 0. The van der Waals surface area contributed by atoms with Gasteiger partial charge in [0.1, 0.15) is 12.2 Å². The maximum atomic E-state index is 12.6. The monoisotopic (exact) mass is 1010 g/mol. The number of unbranched alkanes of at least 4 members (excludes halogenated alkanes) is 53. The molecule has 6 nitrogen and oxygen atoms in total. The molecule has 426 valence electrons. The highest BCUT2D eigenvalue weighted by Crippen LogP contribution is 2.20. The van der Waals surface area contributed by atoms with Gasteiger partial charge in [0.25, 0.3) is 0 Å². The average molecular weight is 1010 g/mol. The highest BCUT2D eigenvalue weighted by atomic mass is 16.3. The summed E-state index contributed by atoms with van der Waals surface area (Å²) in [6.45, 7) is 4.12. The fourth-order valence-corrected chi connectivity index (χ4v) is 10.9. The summed E-state index contributed by atoms with van der Waals surface area (Å²) in [6, 6.07) is -0.982. The number of rotatable bonds is 62. The number of aliphatic hydroxyl groups is 4. The van der Waals surface area contributed by atoms with Crippen LogP contribution < -0.4 is 5.32 Å². The van der Waals surface area contributed by atoms with Gasteiger partial charge < -0.3 is 25.7 Å². The van der Waals surface area contributed by atoms with Gasteiger partial charge in [0.05, 0.1) is 18.8 Å². The first-order valence-electron chi connectivity index (χ1n) is 32.9. The summed E-state index contributed by atoms with van der Waals surface area (Å²) in [7, 11) is 0. The summed E-state index contributed by atoms with van der Waals surface area (Å²) < 4.78 is 0. The van der Waals surface area contributed by atoms with Crippen LogP contribution in [0.15, 0.2) is 0 Å². The molecular weight excluding hydrogens is 875 g/mol. The molecule has 0 saturated heterocycles. The van der Waals surface area contributed by atoms with E-state index in [1.165, 1.54) is 315 Å². The first-order valence-corrected chi connectivity index (χ1v) is 32.9. The second kappa shape index (κ2) is 60.2. The number of carbonyl (C=O) groups is 1. The Bertz CT molecular complexity index is 995. The van der Waals surface area contributed by atoms with Crippen molar-refractivity contribution in [2.45, 2.75) is 404 Å². The van der Waals surface area contributed by atoms with E-state index in [9.17, 15) is 25.2 Å². The fourth-order valence-electron chi connectivity index (χ4n) is 10.9. The third-order valence-corrected chi connectivity index (χ3v) is 16.1. The first-order chi connectivity index (χ1) is 35.0. The van der Waals surface area contributed by atoms with Crippen molar-refractivity contribution >= 4 is 5.91 Å². The summed E-state index contributed by atoms with van der Waals surface area (Å²) in [4.78, 5) is 12.6.